The number of anilines is 2. The van der Waals surface area contributed by atoms with Crippen LogP contribution in [0.1, 0.15) is 37.7 Å². The van der Waals surface area contributed by atoms with Crippen LogP contribution in [-0.4, -0.2) is 28.9 Å². The molecule has 0 saturated heterocycles. The quantitative estimate of drug-likeness (QED) is 0.856. The van der Waals surface area contributed by atoms with E-state index in [0.717, 1.165) is 31.2 Å². The van der Waals surface area contributed by atoms with Gasteiger partial charge in [0.05, 0.1) is 6.04 Å². The first-order valence-electron chi connectivity index (χ1n) is 10.0. The maximum Gasteiger partial charge on any atom is 0.247 e. The second-order valence-corrected chi connectivity index (χ2v) is 7.69. The third-order valence-electron chi connectivity index (χ3n) is 5.84. The maximum absolute atomic E-state index is 13.4. The highest BCUT2D eigenvalue weighted by atomic mass is 16.2. The smallest absolute Gasteiger partial charge is 0.247 e. The van der Waals surface area contributed by atoms with Gasteiger partial charge < -0.3 is 11.1 Å². The monoisotopic (exact) mass is 378 g/mol. The number of nitrogens with one attached hydrogen (secondary N) is 1. The molecule has 2 heterocycles. The number of amides is 2. The van der Waals surface area contributed by atoms with E-state index in [0.29, 0.717) is 17.9 Å². The van der Waals surface area contributed by atoms with Gasteiger partial charge in [0.1, 0.15) is 11.9 Å². The fraction of sp³-hybridized carbons (Fsp3) is 0.409. The summed E-state index contributed by atoms with van der Waals surface area (Å²) in [5.74, 6) is 0.324. The lowest BCUT2D eigenvalue weighted by atomic mass is 9.83. The van der Waals surface area contributed by atoms with E-state index in [4.69, 9.17) is 5.73 Å². The third kappa shape index (κ3) is 3.64. The molecule has 0 spiro atoms. The van der Waals surface area contributed by atoms with E-state index >= 15 is 0 Å². The van der Waals surface area contributed by atoms with Crippen molar-refractivity contribution in [2.24, 2.45) is 11.7 Å². The molecule has 2 aromatic rings. The Balaban J connectivity index is 1.58. The molecule has 2 unspecified atom stereocenters. The SMILES string of the molecule is NC(C(=O)N1c2ncccc2CC1C(=O)Nc1ccccc1)C1CCCCC1. The van der Waals surface area contributed by atoms with Crippen LogP contribution in [0.4, 0.5) is 11.5 Å². The van der Waals surface area contributed by atoms with Crippen LogP contribution in [0.2, 0.25) is 0 Å². The molecule has 3 N–H and O–H groups in total. The fourth-order valence-electron chi connectivity index (χ4n) is 4.32. The summed E-state index contributed by atoms with van der Waals surface area (Å²) < 4.78 is 0. The number of carbonyl (C=O) groups excluding carboxylic acids is 2. The number of benzene rings is 1. The van der Waals surface area contributed by atoms with Crippen molar-refractivity contribution in [2.45, 2.75) is 50.6 Å². The van der Waals surface area contributed by atoms with Gasteiger partial charge in [-0.25, -0.2) is 4.98 Å². The molecule has 0 bridgehead atoms. The van der Waals surface area contributed by atoms with Gasteiger partial charge in [0.25, 0.3) is 0 Å². The predicted molar refractivity (Wildman–Crippen MR) is 109 cm³/mol. The van der Waals surface area contributed by atoms with Crippen LogP contribution in [0.25, 0.3) is 0 Å². The van der Waals surface area contributed by atoms with Crippen LogP contribution in [0.5, 0.6) is 0 Å². The first kappa shape index (κ1) is 18.6. The lowest BCUT2D eigenvalue weighted by Gasteiger charge is -2.32. The molecule has 1 aromatic carbocycles. The van der Waals surface area contributed by atoms with E-state index in [9.17, 15) is 9.59 Å². The third-order valence-corrected chi connectivity index (χ3v) is 5.84. The largest absolute Gasteiger partial charge is 0.324 e. The molecular weight excluding hydrogens is 352 g/mol. The van der Waals surface area contributed by atoms with Crippen molar-refractivity contribution in [3.8, 4) is 0 Å². The van der Waals surface area contributed by atoms with E-state index in [2.05, 4.69) is 10.3 Å². The summed E-state index contributed by atoms with van der Waals surface area (Å²) in [6, 6.07) is 11.8. The molecule has 1 fully saturated rings. The number of nitrogens with two attached hydrogens (primary N) is 1. The van der Waals surface area contributed by atoms with E-state index < -0.39 is 12.1 Å². The van der Waals surface area contributed by atoms with Gasteiger partial charge in [-0.15, -0.1) is 0 Å². The van der Waals surface area contributed by atoms with Gasteiger partial charge in [-0.3, -0.25) is 14.5 Å². The van der Waals surface area contributed by atoms with Crippen molar-refractivity contribution < 1.29 is 9.59 Å². The highest BCUT2D eigenvalue weighted by molar-refractivity contribution is 6.08. The van der Waals surface area contributed by atoms with Crippen LogP contribution >= 0.6 is 0 Å². The lowest BCUT2D eigenvalue weighted by molar-refractivity contribution is -0.125. The number of aromatic nitrogens is 1. The summed E-state index contributed by atoms with van der Waals surface area (Å²) in [5.41, 5.74) is 8.00. The molecule has 28 heavy (non-hydrogen) atoms. The van der Waals surface area contributed by atoms with Crippen molar-refractivity contribution >= 4 is 23.3 Å². The minimum atomic E-state index is -0.632. The van der Waals surface area contributed by atoms with Gasteiger partial charge in [-0.1, -0.05) is 43.5 Å². The normalized spacial score (nSPS) is 20.5. The summed E-state index contributed by atoms with van der Waals surface area (Å²) >= 11 is 0. The van der Waals surface area contributed by atoms with Crippen molar-refractivity contribution in [1.29, 1.82) is 0 Å². The number of para-hydroxylation sites is 1. The van der Waals surface area contributed by atoms with Gasteiger partial charge in [-0.2, -0.15) is 0 Å². The van der Waals surface area contributed by atoms with Gasteiger partial charge in [0, 0.05) is 18.3 Å². The lowest BCUT2D eigenvalue weighted by Crippen LogP contribution is -2.54. The van der Waals surface area contributed by atoms with Gasteiger partial charge in [-0.05, 0) is 42.5 Å². The highest BCUT2D eigenvalue weighted by Crippen LogP contribution is 2.33. The number of rotatable bonds is 4. The average molecular weight is 378 g/mol. The molecule has 1 aliphatic heterocycles. The molecule has 2 aliphatic rings. The Labute approximate surface area is 165 Å². The molecule has 0 radical (unpaired) electrons. The number of fused-ring (bicyclic) bond motifs is 1. The number of hydrogen-bond donors (Lipinski definition) is 2. The standard InChI is InChI=1S/C22H26N4O2/c23-19(15-8-3-1-4-9-15)22(28)26-18(14-16-10-7-13-24-20(16)26)21(27)25-17-11-5-2-6-12-17/h2,5-7,10-13,15,18-19H,1,3-4,8-9,14,23H2,(H,25,27). The zero-order valence-electron chi connectivity index (χ0n) is 15.9. The molecule has 2 atom stereocenters. The van der Waals surface area contributed by atoms with Gasteiger partial charge in [0.2, 0.25) is 11.8 Å². The van der Waals surface area contributed by atoms with E-state index in [1.165, 1.54) is 11.3 Å². The van der Waals surface area contributed by atoms with Crippen LogP contribution in [0.15, 0.2) is 48.7 Å². The molecule has 1 saturated carbocycles. The summed E-state index contributed by atoms with van der Waals surface area (Å²) in [6.07, 6.45) is 7.46. The van der Waals surface area contributed by atoms with Crippen molar-refractivity contribution in [1.82, 2.24) is 4.98 Å². The predicted octanol–water partition coefficient (Wildman–Crippen LogP) is 2.89. The zero-order valence-corrected chi connectivity index (χ0v) is 15.9. The summed E-state index contributed by atoms with van der Waals surface area (Å²) in [6.45, 7) is 0. The minimum absolute atomic E-state index is 0.173. The molecular formula is C22H26N4O2. The minimum Gasteiger partial charge on any atom is -0.324 e. The van der Waals surface area contributed by atoms with E-state index in [1.807, 2.05) is 42.5 Å². The van der Waals surface area contributed by atoms with Crippen LogP contribution < -0.4 is 16.0 Å². The second kappa shape index (κ2) is 8.10. The van der Waals surface area contributed by atoms with Gasteiger partial charge >= 0.3 is 0 Å². The Morgan fingerprint density at radius 3 is 2.57 bits per heavy atom. The number of carbonyl (C=O) groups is 2. The number of nitrogens with zero attached hydrogens (tertiary/aromatic N) is 2. The Hall–Kier alpha value is -2.73. The fourth-order valence-corrected chi connectivity index (χ4v) is 4.32. The molecule has 6 nitrogen and oxygen atoms in total. The Kier molecular flexibility index (Phi) is 5.39. The second-order valence-electron chi connectivity index (χ2n) is 7.69. The van der Waals surface area contributed by atoms with Crippen LogP contribution in [0.3, 0.4) is 0 Å². The van der Waals surface area contributed by atoms with Gasteiger partial charge in [0.15, 0.2) is 0 Å². The zero-order chi connectivity index (χ0) is 19.5. The number of hydrogen-bond acceptors (Lipinski definition) is 4. The summed E-state index contributed by atoms with van der Waals surface area (Å²) in [7, 11) is 0. The summed E-state index contributed by atoms with van der Waals surface area (Å²) in [5, 5.41) is 2.92. The molecule has 6 heteroatoms. The molecule has 1 aromatic heterocycles. The molecule has 4 rings (SSSR count). The van der Waals surface area contributed by atoms with Crippen molar-refractivity contribution in [3.05, 3.63) is 54.2 Å². The highest BCUT2D eigenvalue weighted by Gasteiger charge is 2.42. The first-order chi connectivity index (χ1) is 13.6. The van der Waals surface area contributed by atoms with Crippen LogP contribution in [0, 0.1) is 5.92 Å². The topological polar surface area (TPSA) is 88.3 Å². The summed E-state index contributed by atoms with van der Waals surface area (Å²) in [4.78, 5) is 32.3. The molecule has 1 aliphatic carbocycles. The Morgan fingerprint density at radius 1 is 1.07 bits per heavy atom. The van der Waals surface area contributed by atoms with Crippen molar-refractivity contribution in [2.75, 3.05) is 10.2 Å². The first-order valence-corrected chi connectivity index (χ1v) is 10.0. The van der Waals surface area contributed by atoms with Crippen LogP contribution in [-0.2, 0) is 16.0 Å². The Morgan fingerprint density at radius 2 is 1.82 bits per heavy atom. The van der Waals surface area contributed by atoms with E-state index in [-0.39, 0.29) is 17.7 Å². The maximum atomic E-state index is 13.4. The Bertz CT molecular complexity index is 849. The van der Waals surface area contributed by atoms with Crippen molar-refractivity contribution in [3.63, 3.8) is 0 Å². The molecule has 146 valence electrons. The molecule has 2 amide bonds. The number of pyridine rings is 1. The average Bonchev–Trinajstić information content (AvgIpc) is 3.14. The van der Waals surface area contributed by atoms with E-state index in [1.54, 1.807) is 6.20 Å².